The highest BCUT2D eigenvalue weighted by atomic mass is 35.5. The Bertz CT molecular complexity index is 419. The Morgan fingerprint density at radius 1 is 1.42 bits per heavy atom. The number of nitrogens with zero attached hydrogens (tertiary/aromatic N) is 1. The van der Waals surface area contributed by atoms with Crippen molar-refractivity contribution in [3.8, 4) is 0 Å². The molecular weight excluding hydrogens is 262 g/mol. The Balaban J connectivity index is 2.04. The van der Waals surface area contributed by atoms with Crippen molar-refractivity contribution in [3.63, 3.8) is 0 Å². The average Bonchev–Trinajstić information content (AvgIpc) is 2.35. The Labute approximate surface area is 120 Å². The van der Waals surface area contributed by atoms with Crippen LogP contribution in [0.5, 0.6) is 0 Å². The predicted octanol–water partition coefficient (Wildman–Crippen LogP) is 2.87. The van der Waals surface area contributed by atoms with Gasteiger partial charge in [0.05, 0.1) is 18.8 Å². The first-order chi connectivity index (χ1) is 8.88. The molecule has 2 atom stereocenters. The Kier molecular flexibility index (Phi) is 4.51. The number of morpholine rings is 1. The molecule has 1 N–H and O–H groups in total. The van der Waals surface area contributed by atoms with Crippen molar-refractivity contribution >= 4 is 11.6 Å². The molecule has 1 aliphatic rings. The van der Waals surface area contributed by atoms with Crippen molar-refractivity contribution in [1.82, 2.24) is 4.90 Å². The summed E-state index contributed by atoms with van der Waals surface area (Å²) >= 11 is 5.86. The molecule has 1 aromatic rings. The molecule has 1 aromatic carbocycles. The number of hydrogen-bond acceptors (Lipinski definition) is 3. The first-order valence-electron chi connectivity index (χ1n) is 6.69. The molecule has 1 aliphatic heterocycles. The van der Waals surface area contributed by atoms with Crippen LogP contribution in [-0.4, -0.2) is 41.3 Å². The van der Waals surface area contributed by atoms with Crippen LogP contribution in [0.25, 0.3) is 0 Å². The minimum Gasteiger partial charge on any atom is -0.387 e. The van der Waals surface area contributed by atoms with Gasteiger partial charge in [0, 0.05) is 23.7 Å². The molecule has 1 heterocycles. The Hall–Kier alpha value is -0.610. The molecule has 2 unspecified atom stereocenters. The lowest BCUT2D eigenvalue weighted by Crippen LogP contribution is -2.56. The summed E-state index contributed by atoms with van der Waals surface area (Å²) in [4.78, 5) is 2.29. The van der Waals surface area contributed by atoms with Crippen LogP contribution in [0, 0.1) is 0 Å². The summed E-state index contributed by atoms with van der Waals surface area (Å²) in [6, 6.07) is 7.38. The lowest BCUT2D eigenvalue weighted by atomic mass is 9.99. The third kappa shape index (κ3) is 3.69. The SMILES string of the molecule is CC1CN(CC(O)c2ccc(Cl)cc2)C(C)(C)CO1. The lowest BCUT2D eigenvalue weighted by molar-refractivity contribution is -0.102. The van der Waals surface area contributed by atoms with E-state index in [9.17, 15) is 5.11 Å². The monoisotopic (exact) mass is 283 g/mol. The van der Waals surface area contributed by atoms with Crippen LogP contribution in [0.1, 0.15) is 32.4 Å². The molecule has 106 valence electrons. The summed E-state index contributed by atoms with van der Waals surface area (Å²) in [5.41, 5.74) is 0.860. The molecular formula is C15H22ClNO2. The Morgan fingerprint density at radius 3 is 2.68 bits per heavy atom. The zero-order valence-electron chi connectivity index (χ0n) is 11.8. The van der Waals surface area contributed by atoms with Crippen LogP contribution in [0.15, 0.2) is 24.3 Å². The van der Waals surface area contributed by atoms with E-state index in [1.54, 1.807) is 0 Å². The van der Waals surface area contributed by atoms with E-state index in [1.807, 2.05) is 24.3 Å². The van der Waals surface area contributed by atoms with Gasteiger partial charge in [0.15, 0.2) is 0 Å². The minimum absolute atomic E-state index is 0.0418. The second kappa shape index (κ2) is 5.80. The topological polar surface area (TPSA) is 32.7 Å². The lowest BCUT2D eigenvalue weighted by Gasteiger charge is -2.45. The normalized spacial score (nSPS) is 25.2. The second-order valence-electron chi connectivity index (χ2n) is 5.91. The van der Waals surface area contributed by atoms with E-state index >= 15 is 0 Å². The van der Waals surface area contributed by atoms with E-state index in [-0.39, 0.29) is 11.6 Å². The van der Waals surface area contributed by atoms with Crippen molar-refractivity contribution in [2.75, 3.05) is 19.7 Å². The summed E-state index contributed by atoms with van der Waals surface area (Å²) < 4.78 is 5.69. The molecule has 19 heavy (non-hydrogen) atoms. The predicted molar refractivity (Wildman–Crippen MR) is 77.5 cm³/mol. The van der Waals surface area contributed by atoms with E-state index in [1.165, 1.54) is 0 Å². The molecule has 2 rings (SSSR count). The molecule has 0 spiro atoms. The molecule has 0 aromatic heterocycles. The quantitative estimate of drug-likeness (QED) is 0.926. The fourth-order valence-electron chi connectivity index (χ4n) is 2.37. The third-order valence-electron chi connectivity index (χ3n) is 3.70. The highest BCUT2D eigenvalue weighted by Gasteiger charge is 2.34. The van der Waals surface area contributed by atoms with Gasteiger partial charge in [0.1, 0.15) is 0 Å². The summed E-state index contributed by atoms with van der Waals surface area (Å²) in [6.45, 7) is 8.51. The molecule has 0 aliphatic carbocycles. The molecule has 0 saturated carbocycles. The zero-order chi connectivity index (χ0) is 14.0. The number of ether oxygens (including phenoxy) is 1. The Morgan fingerprint density at radius 2 is 2.05 bits per heavy atom. The van der Waals surface area contributed by atoms with Crippen LogP contribution < -0.4 is 0 Å². The van der Waals surface area contributed by atoms with Gasteiger partial charge in [-0.05, 0) is 38.5 Å². The van der Waals surface area contributed by atoms with Gasteiger partial charge in [0.25, 0.3) is 0 Å². The minimum atomic E-state index is -0.498. The van der Waals surface area contributed by atoms with E-state index in [0.717, 1.165) is 12.1 Å². The highest BCUT2D eigenvalue weighted by molar-refractivity contribution is 6.30. The van der Waals surface area contributed by atoms with Gasteiger partial charge in [0.2, 0.25) is 0 Å². The molecule has 3 nitrogen and oxygen atoms in total. The highest BCUT2D eigenvalue weighted by Crippen LogP contribution is 2.25. The van der Waals surface area contributed by atoms with Gasteiger partial charge in [-0.1, -0.05) is 23.7 Å². The van der Waals surface area contributed by atoms with Gasteiger partial charge in [-0.2, -0.15) is 0 Å². The van der Waals surface area contributed by atoms with Crippen LogP contribution in [0.3, 0.4) is 0 Å². The maximum absolute atomic E-state index is 10.4. The van der Waals surface area contributed by atoms with Gasteiger partial charge < -0.3 is 9.84 Å². The smallest absolute Gasteiger partial charge is 0.0917 e. The standard InChI is InChI=1S/C15H22ClNO2/c1-11-8-17(15(2,3)10-19-11)9-14(18)12-4-6-13(16)7-5-12/h4-7,11,14,18H,8-10H2,1-3H3. The number of β-amino-alcohol motifs (C(OH)–C–C–N with tert-alkyl or cyclic N) is 1. The number of halogens is 1. The van der Waals surface area contributed by atoms with Crippen LogP contribution in [-0.2, 0) is 4.74 Å². The van der Waals surface area contributed by atoms with E-state index in [0.29, 0.717) is 18.2 Å². The van der Waals surface area contributed by atoms with Crippen LogP contribution in [0.2, 0.25) is 5.02 Å². The largest absolute Gasteiger partial charge is 0.387 e. The number of hydrogen-bond donors (Lipinski definition) is 1. The molecule has 0 bridgehead atoms. The number of aliphatic hydroxyl groups is 1. The van der Waals surface area contributed by atoms with Crippen LogP contribution >= 0.6 is 11.6 Å². The van der Waals surface area contributed by atoms with Crippen molar-refractivity contribution < 1.29 is 9.84 Å². The third-order valence-corrected chi connectivity index (χ3v) is 3.95. The summed E-state index contributed by atoms with van der Waals surface area (Å²) in [5.74, 6) is 0. The van der Waals surface area contributed by atoms with Gasteiger partial charge in [-0.15, -0.1) is 0 Å². The molecule has 4 heteroatoms. The molecule has 0 radical (unpaired) electrons. The van der Waals surface area contributed by atoms with Gasteiger partial charge in [-0.25, -0.2) is 0 Å². The summed E-state index contributed by atoms with van der Waals surface area (Å²) in [6.07, 6.45) is -0.285. The van der Waals surface area contributed by atoms with Crippen LogP contribution in [0.4, 0.5) is 0 Å². The molecule has 0 amide bonds. The summed E-state index contributed by atoms with van der Waals surface area (Å²) in [7, 11) is 0. The first-order valence-corrected chi connectivity index (χ1v) is 7.06. The van der Waals surface area contributed by atoms with Crippen molar-refractivity contribution in [3.05, 3.63) is 34.9 Å². The average molecular weight is 284 g/mol. The summed E-state index contributed by atoms with van der Waals surface area (Å²) in [5, 5.41) is 11.0. The first kappa shape index (κ1) is 14.8. The van der Waals surface area contributed by atoms with E-state index in [4.69, 9.17) is 16.3 Å². The molecule has 1 fully saturated rings. The fraction of sp³-hybridized carbons (Fsp3) is 0.600. The maximum atomic E-state index is 10.4. The number of benzene rings is 1. The zero-order valence-corrected chi connectivity index (χ0v) is 12.5. The second-order valence-corrected chi connectivity index (χ2v) is 6.34. The number of rotatable bonds is 3. The van der Waals surface area contributed by atoms with Crippen molar-refractivity contribution in [2.24, 2.45) is 0 Å². The van der Waals surface area contributed by atoms with E-state index in [2.05, 4.69) is 25.7 Å². The van der Waals surface area contributed by atoms with Gasteiger partial charge >= 0.3 is 0 Å². The van der Waals surface area contributed by atoms with E-state index < -0.39 is 6.10 Å². The van der Waals surface area contributed by atoms with Gasteiger partial charge in [-0.3, -0.25) is 4.90 Å². The molecule has 1 saturated heterocycles. The van der Waals surface area contributed by atoms with Crippen molar-refractivity contribution in [1.29, 1.82) is 0 Å². The maximum Gasteiger partial charge on any atom is 0.0917 e. The van der Waals surface area contributed by atoms with Crippen molar-refractivity contribution in [2.45, 2.75) is 38.5 Å². The number of aliphatic hydroxyl groups excluding tert-OH is 1. The fourth-order valence-corrected chi connectivity index (χ4v) is 2.49.